The third-order valence-electron chi connectivity index (χ3n) is 5.14. The van der Waals surface area contributed by atoms with Gasteiger partial charge in [0.25, 0.3) is 0 Å². The number of thioether (sulfide) groups is 1. The van der Waals surface area contributed by atoms with E-state index in [4.69, 9.17) is 16.0 Å². The Morgan fingerprint density at radius 2 is 2.07 bits per heavy atom. The number of amides is 1. The number of nitrogens with zero attached hydrogens (tertiary/aromatic N) is 3. The number of carbonyl (C=O) groups is 1. The topological polar surface area (TPSA) is 73.0 Å². The lowest BCUT2D eigenvalue weighted by Gasteiger charge is -2.18. The highest BCUT2D eigenvalue weighted by atomic mass is 35.5. The second-order valence-electron chi connectivity index (χ2n) is 7.15. The van der Waals surface area contributed by atoms with Crippen LogP contribution in [-0.4, -0.2) is 25.9 Å². The summed E-state index contributed by atoms with van der Waals surface area (Å²) in [6, 6.07) is 11.7. The van der Waals surface area contributed by atoms with Crippen LogP contribution in [0.3, 0.4) is 0 Å². The minimum atomic E-state index is -0.312. The summed E-state index contributed by atoms with van der Waals surface area (Å²) >= 11 is 7.86. The van der Waals surface area contributed by atoms with E-state index in [9.17, 15) is 4.79 Å². The SMILES string of the molecule is CC(Sc1nnc(-c2ccccc2Cl)n1C1CCCC1)C(=O)NCc1ccco1. The molecular formula is C21H23ClN4O2S. The Hall–Kier alpha value is -2.25. The molecule has 3 aromatic rings. The molecule has 8 heteroatoms. The van der Waals surface area contributed by atoms with Gasteiger partial charge in [-0.05, 0) is 44.0 Å². The lowest BCUT2D eigenvalue weighted by Crippen LogP contribution is -2.30. The van der Waals surface area contributed by atoms with Gasteiger partial charge in [0.05, 0.1) is 23.1 Å². The number of rotatable bonds is 7. The van der Waals surface area contributed by atoms with Gasteiger partial charge in [0.15, 0.2) is 11.0 Å². The molecule has 4 rings (SSSR count). The molecule has 152 valence electrons. The fourth-order valence-electron chi connectivity index (χ4n) is 3.62. The number of halogens is 1. The van der Waals surface area contributed by atoms with E-state index in [0.717, 1.165) is 35.1 Å². The molecule has 2 heterocycles. The third kappa shape index (κ3) is 4.51. The second kappa shape index (κ2) is 9.05. The summed E-state index contributed by atoms with van der Waals surface area (Å²) in [5, 5.41) is 12.9. The summed E-state index contributed by atoms with van der Waals surface area (Å²) in [4.78, 5) is 12.6. The predicted octanol–water partition coefficient (Wildman–Crippen LogP) is 5.10. The number of carbonyl (C=O) groups excluding carboxylic acids is 1. The zero-order chi connectivity index (χ0) is 20.2. The van der Waals surface area contributed by atoms with Crippen LogP contribution < -0.4 is 5.32 Å². The summed E-state index contributed by atoms with van der Waals surface area (Å²) < 4.78 is 7.45. The minimum Gasteiger partial charge on any atom is -0.467 e. The minimum absolute atomic E-state index is 0.0633. The zero-order valence-corrected chi connectivity index (χ0v) is 17.7. The van der Waals surface area contributed by atoms with E-state index in [1.165, 1.54) is 24.6 Å². The van der Waals surface area contributed by atoms with Crippen LogP contribution in [0.5, 0.6) is 0 Å². The first-order valence-electron chi connectivity index (χ1n) is 9.80. The number of hydrogen-bond acceptors (Lipinski definition) is 5. The van der Waals surface area contributed by atoms with E-state index in [1.54, 1.807) is 12.3 Å². The standard InChI is InChI=1S/C21H23ClN4O2S/c1-14(20(27)23-13-16-9-6-12-28-16)29-21-25-24-19(17-10-4-5-11-18(17)22)26(21)15-7-2-3-8-15/h4-6,9-12,14-15H,2-3,7-8,13H2,1H3,(H,23,27). The van der Waals surface area contributed by atoms with Crippen molar-refractivity contribution in [2.75, 3.05) is 0 Å². The van der Waals surface area contributed by atoms with Gasteiger partial charge in [-0.25, -0.2) is 0 Å². The average Bonchev–Trinajstić information content (AvgIpc) is 3.48. The van der Waals surface area contributed by atoms with Crippen molar-refractivity contribution in [1.29, 1.82) is 0 Å². The van der Waals surface area contributed by atoms with Crippen LogP contribution in [0.25, 0.3) is 11.4 Å². The molecule has 0 spiro atoms. The lowest BCUT2D eigenvalue weighted by atomic mass is 10.2. The highest BCUT2D eigenvalue weighted by Crippen LogP contribution is 2.38. The highest BCUT2D eigenvalue weighted by Gasteiger charge is 2.27. The van der Waals surface area contributed by atoms with Gasteiger partial charge in [0, 0.05) is 11.6 Å². The number of hydrogen-bond donors (Lipinski definition) is 1. The van der Waals surface area contributed by atoms with Crippen LogP contribution in [0.2, 0.25) is 5.02 Å². The van der Waals surface area contributed by atoms with Gasteiger partial charge < -0.3 is 9.73 Å². The van der Waals surface area contributed by atoms with Crippen molar-refractivity contribution in [3.63, 3.8) is 0 Å². The van der Waals surface area contributed by atoms with Gasteiger partial charge in [0.1, 0.15) is 5.76 Å². The van der Waals surface area contributed by atoms with Crippen molar-refractivity contribution >= 4 is 29.3 Å². The van der Waals surface area contributed by atoms with Crippen LogP contribution in [0.15, 0.2) is 52.2 Å². The van der Waals surface area contributed by atoms with Crippen molar-refractivity contribution in [2.45, 2.75) is 55.6 Å². The maximum Gasteiger partial charge on any atom is 0.233 e. The molecule has 0 saturated heterocycles. The van der Waals surface area contributed by atoms with E-state index < -0.39 is 0 Å². The molecule has 1 saturated carbocycles. The van der Waals surface area contributed by atoms with Gasteiger partial charge >= 0.3 is 0 Å². The largest absolute Gasteiger partial charge is 0.467 e. The summed E-state index contributed by atoms with van der Waals surface area (Å²) in [5.41, 5.74) is 0.871. The van der Waals surface area contributed by atoms with Crippen LogP contribution in [-0.2, 0) is 11.3 Å². The summed E-state index contributed by atoms with van der Waals surface area (Å²) in [7, 11) is 0. The molecule has 0 radical (unpaired) electrons. The van der Waals surface area contributed by atoms with E-state index in [1.807, 2.05) is 37.3 Å². The molecule has 1 aliphatic rings. The Morgan fingerprint density at radius 1 is 1.28 bits per heavy atom. The number of nitrogens with one attached hydrogen (secondary N) is 1. The molecule has 0 bridgehead atoms. The maximum absolute atomic E-state index is 12.6. The van der Waals surface area contributed by atoms with E-state index >= 15 is 0 Å². The molecular weight excluding hydrogens is 408 g/mol. The Kier molecular flexibility index (Phi) is 6.25. The van der Waals surface area contributed by atoms with Crippen molar-refractivity contribution in [1.82, 2.24) is 20.1 Å². The van der Waals surface area contributed by atoms with Crippen LogP contribution in [0, 0.1) is 0 Å². The Balaban J connectivity index is 1.55. The normalized spacial score (nSPS) is 15.5. The second-order valence-corrected chi connectivity index (χ2v) is 8.87. The first kappa shape index (κ1) is 20.0. The van der Waals surface area contributed by atoms with E-state index in [-0.39, 0.29) is 11.2 Å². The fourth-order valence-corrected chi connectivity index (χ4v) is 4.78. The highest BCUT2D eigenvalue weighted by molar-refractivity contribution is 8.00. The van der Waals surface area contributed by atoms with Crippen molar-refractivity contribution < 1.29 is 9.21 Å². The summed E-state index contributed by atoms with van der Waals surface area (Å²) in [6.45, 7) is 2.25. The van der Waals surface area contributed by atoms with Crippen molar-refractivity contribution in [3.8, 4) is 11.4 Å². The Morgan fingerprint density at radius 3 is 2.79 bits per heavy atom. The summed E-state index contributed by atoms with van der Waals surface area (Å²) in [6.07, 6.45) is 6.15. The molecule has 1 N–H and O–H groups in total. The third-order valence-corrected chi connectivity index (χ3v) is 6.52. The van der Waals surface area contributed by atoms with Crippen LogP contribution in [0.4, 0.5) is 0 Å². The Labute approximate surface area is 179 Å². The summed E-state index contributed by atoms with van der Waals surface area (Å²) in [5.74, 6) is 1.44. The molecule has 1 atom stereocenters. The fraction of sp³-hybridized carbons (Fsp3) is 0.381. The monoisotopic (exact) mass is 430 g/mol. The molecule has 1 aromatic carbocycles. The average molecular weight is 431 g/mol. The molecule has 1 unspecified atom stereocenters. The van der Waals surface area contributed by atoms with Crippen LogP contribution in [0.1, 0.15) is 44.4 Å². The molecule has 29 heavy (non-hydrogen) atoms. The maximum atomic E-state index is 12.6. The van der Waals surface area contributed by atoms with Gasteiger partial charge in [-0.3, -0.25) is 9.36 Å². The number of aromatic nitrogens is 3. The van der Waals surface area contributed by atoms with Crippen molar-refractivity contribution in [3.05, 3.63) is 53.4 Å². The number of furan rings is 1. The van der Waals surface area contributed by atoms with Gasteiger partial charge in [-0.1, -0.05) is 48.3 Å². The molecule has 0 aliphatic heterocycles. The Bertz CT molecular complexity index is 967. The van der Waals surface area contributed by atoms with E-state index in [2.05, 4.69) is 20.1 Å². The first-order chi connectivity index (χ1) is 14.1. The molecule has 6 nitrogen and oxygen atoms in total. The molecule has 2 aromatic heterocycles. The van der Waals surface area contributed by atoms with Gasteiger partial charge in [0.2, 0.25) is 5.91 Å². The zero-order valence-electron chi connectivity index (χ0n) is 16.2. The van der Waals surface area contributed by atoms with Gasteiger partial charge in [-0.2, -0.15) is 0 Å². The van der Waals surface area contributed by atoms with Gasteiger partial charge in [-0.15, -0.1) is 10.2 Å². The lowest BCUT2D eigenvalue weighted by molar-refractivity contribution is -0.120. The number of benzene rings is 1. The molecule has 1 fully saturated rings. The predicted molar refractivity (Wildman–Crippen MR) is 114 cm³/mol. The molecule has 1 amide bonds. The quantitative estimate of drug-likeness (QED) is 0.527. The van der Waals surface area contributed by atoms with Crippen molar-refractivity contribution in [2.24, 2.45) is 0 Å². The molecule has 1 aliphatic carbocycles. The van der Waals surface area contributed by atoms with E-state index in [0.29, 0.717) is 17.6 Å². The smallest absolute Gasteiger partial charge is 0.233 e. The first-order valence-corrected chi connectivity index (χ1v) is 11.1. The van der Waals surface area contributed by atoms with Crippen LogP contribution >= 0.6 is 23.4 Å².